The number of rotatable bonds is 7. The number of carbonyl (C=O) groups is 1. The number of pyridine rings is 1. The molecule has 1 saturated carbocycles. The molecule has 3 aromatic heterocycles. The quantitative estimate of drug-likeness (QED) is 0.285. The molecule has 0 bridgehead atoms. The summed E-state index contributed by atoms with van der Waals surface area (Å²) in [5.74, 6) is -0.0666. The molecule has 1 amide bonds. The van der Waals surface area contributed by atoms with Gasteiger partial charge in [-0.05, 0) is 84.6 Å². The molecule has 6 rings (SSSR count). The van der Waals surface area contributed by atoms with Crippen molar-refractivity contribution in [2.75, 3.05) is 18.4 Å². The van der Waals surface area contributed by atoms with Gasteiger partial charge in [-0.3, -0.25) is 4.79 Å². The summed E-state index contributed by atoms with van der Waals surface area (Å²) in [6.45, 7) is 11.2. The molecule has 11 heteroatoms. The Morgan fingerprint density at radius 3 is 2.45 bits per heavy atom. The summed E-state index contributed by atoms with van der Waals surface area (Å²) in [4.78, 5) is 32.5. The first-order valence-electron chi connectivity index (χ1n) is 14.5. The van der Waals surface area contributed by atoms with Crippen LogP contribution < -0.4 is 10.6 Å². The van der Waals surface area contributed by atoms with E-state index in [4.69, 9.17) is 0 Å². The van der Waals surface area contributed by atoms with Gasteiger partial charge in [0.25, 0.3) is 5.91 Å². The molecule has 2 N–H and O–H groups in total. The third kappa shape index (κ3) is 5.45. The Kier molecular flexibility index (Phi) is 7.16. The lowest BCUT2D eigenvalue weighted by Crippen LogP contribution is -2.48. The van der Waals surface area contributed by atoms with Gasteiger partial charge in [0.05, 0.1) is 23.0 Å². The van der Waals surface area contributed by atoms with Crippen LogP contribution in [0.25, 0.3) is 22.3 Å². The summed E-state index contributed by atoms with van der Waals surface area (Å²) in [6.07, 6.45) is 5.37. The van der Waals surface area contributed by atoms with Crippen LogP contribution in [0.3, 0.4) is 0 Å². The fourth-order valence-corrected chi connectivity index (χ4v) is 5.88. The fourth-order valence-electron chi connectivity index (χ4n) is 5.88. The number of nitrogens with zero attached hydrogens (tertiary/aromatic N) is 6. The molecule has 0 radical (unpaired) electrons. The van der Waals surface area contributed by atoms with Crippen molar-refractivity contribution in [2.45, 2.75) is 77.9 Å². The van der Waals surface area contributed by atoms with E-state index in [0.717, 1.165) is 19.0 Å². The lowest BCUT2D eigenvalue weighted by atomic mass is 10.0. The summed E-state index contributed by atoms with van der Waals surface area (Å²) < 4.78 is 31.9. The average molecular weight is 575 g/mol. The Hall–Kier alpha value is -3.99. The van der Waals surface area contributed by atoms with Gasteiger partial charge in [-0.15, -0.1) is 0 Å². The smallest absolute Gasteiger partial charge is 0.255 e. The minimum Gasteiger partial charge on any atom is -0.338 e. The Balaban J connectivity index is 1.19. The second-order valence-electron chi connectivity index (χ2n) is 12.1. The molecular weight excluding hydrogens is 538 g/mol. The van der Waals surface area contributed by atoms with Crippen molar-refractivity contribution in [2.24, 2.45) is 0 Å². The average Bonchev–Trinajstić information content (AvgIpc) is 3.56. The number of carbonyl (C=O) groups excluding carboxylic acids is 1. The number of aromatic nitrogens is 5. The van der Waals surface area contributed by atoms with E-state index in [0.29, 0.717) is 47.5 Å². The summed E-state index contributed by atoms with van der Waals surface area (Å²) >= 11 is 0. The highest BCUT2D eigenvalue weighted by atomic mass is 19.1. The van der Waals surface area contributed by atoms with E-state index >= 15 is 4.39 Å². The van der Waals surface area contributed by atoms with Gasteiger partial charge in [-0.1, -0.05) is 0 Å². The maximum absolute atomic E-state index is 15.0. The summed E-state index contributed by atoms with van der Waals surface area (Å²) in [6, 6.07) is 6.86. The van der Waals surface area contributed by atoms with Crippen LogP contribution in [0.2, 0.25) is 0 Å². The maximum atomic E-state index is 15.0. The van der Waals surface area contributed by atoms with Gasteiger partial charge < -0.3 is 20.1 Å². The molecular formula is C31H36F2N8O. The molecule has 2 fully saturated rings. The lowest BCUT2D eigenvalue weighted by molar-refractivity contribution is 0.0700. The standard InChI is InChI=1S/C31H36F2N8O/c1-17(2)41-19(4)36-28-23(32)14-20(15-25(28)41)27-24(33)16-34-30(38-27)37-26-7-6-22(18(3)35-26)29(42)40-12-8-21(9-13-40)39-31(5)10-11-31/h6-7,14-17,21,39H,8-13H2,1-5H3,(H,34,35,37,38). The molecule has 2 aliphatic rings. The number of hydrogen-bond acceptors (Lipinski definition) is 7. The van der Waals surface area contributed by atoms with E-state index in [1.165, 1.54) is 18.9 Å². The Labute approximate surface area is 243 Å². The van der Waals surface area contributed by atoms with Crippen molar-refractivity contribution in [1.82, 2.24) is 34.7 Å². The van der Waals surface area contributed by atoms with Crippen LogP contribution in [0, 0.1) is 25.5 Å². The van der Waals surface area contributed by atoms with E-state index in [1.807, 2.05) is 30.2 Å². The van der Waals surface area contributed by atoms with Crippen LogP contribution in [-0.2, 0) is 0 Å². The molecule has 9 nitrogen and oxygen atoms in total. The minimum absolute atomic E-state index is 0.0313. The van der Waals surface area contributed by atoms with Gasteiger partial charge in [0.15, 0.2) is 11.6 Å². The second-order valence-corrected chi connectivity index (χ2v) is 12.1. The van der Waals surface area contributed by atoms with Gasteiger partial charge >= 0.3 is 0 Å². The van der Waals surface area contributed by atoms with Crippen molar-refractivity contribution < 1.29 is 13.6 Å². The maximum Gasteiger partial charge on any atom is 0.255 e. The third-order valence-corrected chi connectivity index (χ3v) is 8.35. The normalized spacial score (nSPS) is 16.8. The highest BCUT2D eigenvalue weighted by Gasteiger charge is 2.39. The van der Waals surface area contributed by atoms with Crippen LogP contribution in [0.5, 0.6) is 0 Å². The number of nitrogens with one attached hydrogen (secondary N) is 2. The highest BCUT2D eigenvalue weighted by molar-refractivity contribution is 5.95. The van der Waals surface area contributed by atoms with Crippen molar-refractivity contribution in [3.05, 3.63) is 59.2 Å². The molecule has 42 heavy (non-hydrogen) atoms. The molecule has 0 atom stereocenters. The molecule has 4 aromatic rings. The number of anilines is 2. The second kappa shape index (κ2) is 10.7. The number of likely N-dealkylation sites (tertiary alicyclic amines) is 1. The van der Waals surface area contributed by atoms with E-state index in [-0.39, 0.29) is 40.2 Å². The number of benzene rings is 1. The van der Waals surface area contributed by atoms with Gasteiger partial charge in [0.2, 0.25) is 5.95 Å². The zero-order valence-electron chi connectivity index (χ0n) is 24.6. The number of amides is 1. The van der Waals surface area contributed by atoms with Crippen LogP contribution >= 0.6 is 0 Å². The molecule has 0 unspecified atom stereocenters. The monoisotopic (exact) mass is 574 g/mol. The van der Waals surface area contributed by atoms with E-state index in [1.54, 1.807) is 25.1 Å². The Morgan fingerprint density at radius 2 is 1.79 bits per heavy atom. The summed E-state index contributed by atoms with van der Waals surface area (Å²) in [5, 5.41) is 6.73. The van der Waals surface area contributed by atoms with Crippen molar-refractivity contribution >= 4 is 28.7 Å². The third-order valence-electron chi connectivity index (χ3n) is 8.35. The van der Waals surface area contributed by atoms with Crippen LogP contribution in [0.15, 0.2) is 30.5 Å². The van der Waals surface area contributed by atoms with Crippen molar-refractivity contribution in [3.63, 3.8) is 0 Å². The molecule has 1 saturated heterocycles. The molecule has 220 valence electrons. The fraction of sp³-hybridized carbons (Fsp3) is 0.452. The van der Waals surface area contributed by atoms with Crippen molar-refractivity contribution in [3.8, 4) is 11.3 Å². The van der Waals surface area contributed by atoms with Gasteiger partial charge in [-0.2, -0.15) is 0 Å². The van der Waals surface area contributed by atoms with Gasteiger partial charge in [0.1, 0.15) is 22.9 Å². The van der Waals surface area contributed by atoms with Crippen LogP contribution in [0.4, 0.5) is 20.5 Å². The molecule has 1 aromatic carbocycles. The predicted octanol–water partition coefficient (Wildman–Crippen LogP) is 5.85. The predicted molar refractivity (Wildman–Crippen MR) is 158 cm³/mol. The first kappa shape index (κ1) is 28.1. The zero-order valence-corrected chi connectivity index (χ0v) is 24.6. The lowest BCUT2D eigenvalue weighted by Gasteiger charge is -2.34. The minimum atomic E-state index is -0.679. The first-order valence-corrected chi connectivity index (χ1v) is 14.5. The Bertz CT molecular complexity index is 1670. The number of halogens is 2. The van der Waals surface area contributed by atoms with Gasteiger partial charge in [0, 0.05) is 36.3 Å². The largest absolute Gasteiger partial charge is 0.338 e. The SMILES string of the molecule is Cc1nc(Nc2ncc(F)c(-c3cc(F)c4nc(C)n(C(C)C)c4c3)n2)ccc1C(=O)N1CCC(NC2(C)CC2)CC1. The highest BCUT2D eigenvalue weighted by Crippen LogP contribution is 2.36. The molecule has 1 aliphatic heterocycles. The van der Waals surface area contributed by atoms with Crippen LogP contribution in [-0.4, -0.2) is 60.0 Å². The summed E-state index contributed by atoms with van der Waals surface area (Å²) in [7, 11) is 0. The zero-order chi connectivity index (χ0) is 29.8. The Morgan fingerprint density at radius 1 is 1.05 bits per heavy atom. The van der Waals surface area contributed by atoms with Crippen molar-refractivity contribution in [1.29, 1.82) is 0 Å². The van der Waals surface area contributed by atoms with Crippen LogP contribution in [0.1, 0.15) is 74.4 Å². The molecule has 0 spiro atoms. The summed E-state index contributed by atoms with van der Waals surface area (Å²) in [5.41, 5.74) is 2.45. The molecule has 4 heterocycles. The number of hydrogen-bond donors (Lipinski definition) is 2. The number of imidazole rings is 1. The topological polar surface area (TPSA) is 101 Å². The van der Waals surface area contributed by atoms with E-state index in [9.17, 15) is 9.18 Å². The number of aryl methyl sites for hydroxylation is 2. The number of fused-ring (bicyclic) bond motifs is 1. The first-order chi connectivity index (χ1) is 20.0. The number of piperidine rings is 1. The van der Waals surface area contributed by atoms with Gasteiger partial charge in [-0.25, -0.2) is 28.7 Å². The molecule has 1 aliphatic carbocycles. The van der Waals surface area contributed by atoms with E-state index < -0.39 is 11.6 Å². The van der Waals surface area contributed by atoms with E-state index in [2.05, 4.69) is 37.5 Å².